The van der Waals surface area contributed by atoms with Gasteiger partial charge in [-0.25, -0.2) is 0 Å². The van der Waals surface area contributed by atoms with E-state index in [1.807, 2.05) is 13.0 Å². The minimum Gasteiger partial charge on any atom is -0.395 e. The summed E-state index contributed by atoms with van der Waals surface area (Å²) in [6.45, 7) is 7.16. The average molecular weight is 250 g/mol. The number of hydrogen-bond donors (Lipinski definition) is 2. The SMILES string of the molecule is Cc1cc(N2CCN(CCO)CC2)ccc1CO. The summed E-state index contributed by atoms with van der Waals surface area (Å²) in [5.41, 5.74) is 3.37. The third-order valence-corrected chi connectivity index (χ3v) is 3.65. The molecule has 1 aliphatic heterocycles. The van der Waals surface area contributed by atoms with E-state index >= 15 is 0 Å². The Morgan fingerprint density at radius 3 is 2.39 bits per heavy atom. The molecule has 4 nitrogen and oxygen atoms in total. The van der Waals surface area contributed by atoms with Crippen molar-refractivity contribution in [2.24, 2.45) is 0 Å². The van der Waals surface area contributed by atoms with Gasteiger partial charge < -0.3 is 15.1 Å². The van der Waals surface area contributed by atoms with E-state index in [0.29, 0.717) is 0 Å². The maximum Gasteiger partial charge on any atom is 0.0684 e. The first-order chi connectivity index (χ1) is 8.74. The molecule has 0 spiro atoms. The average Bonchev–Trinajstić information content (AvgIpc) is 2.40. The first-order valence-electron chi connectivity index (χ1n) is 6.53. The van der Waals surface area contributed by atoms with Gasteiger partial charge in [0, 0.05) is 38.4 Å². The number of nitrogens with zero attached hydrogens (tertiary/aromatic N) is 2. The Bertz CT molecular complexity index is 387. The maximum atomic E-state index is 9.17. The van der Waals surface area contributed by atoms with E-state index in [9.17, 15) is 0 Å². The van der Waals surface area contributed by atoms with Crippen molar-refractivity contribution in [3.8, 4) is 0 Å². The number of piperazine rings is 1. The van der Waals surface area contributed by atoms with Crippen molar-refractivity contribution in [2.75, 3.05) is 44.2 Å². The van der Waals surface area contributed by atoms with E-state index in [1.54, 1.807) is 0 Å². The lowest BCUT2D eigenvalue weighted by atomic mass is 10.1. The molecule has 100 valence electrons. The number of β-amino-alcohol motifs (C(OH)–C–C–N with tert-alkyl or cyclic N) is 1. The molecule has 1 aromatic carbocycles. The first-order valence-corrected chi connectivity index (χ1v) is 6.53. The van der Waals surface area contributed by atoms with Gasteiger partial charge in [0.1, 0.15) is 0 Å². The number of rotatable bonds is 4. The second kappa shape index (κ2) is 6.18. The summed E-state index contributed by atoms with van der Waals surface area (Å²) in [5, 5.41) is 18.1. The van der Waals surface area contributed by atoms with E-state index in [1.165, 1.54) is 5.69 Å². The molecule has 0 unspecified atom stereocenters. The van der Waals surface area contributed by atoms with Gasteiger partial charge in [-0.15, -0.1) is 0 Å². The highest BCUT2D eigenvalue weighted by Crippen LogP contribution is 2.20. The van der Waals surface area contributed by atoms with E-state index in [-0.39, 0.29) is 13.2 Å². The quantitative estimate of drug-likeness (QED) is 0.821. The van der Waals surface area contributed by atoms with Crippen LogP contribution in [-0.4, -0.2) is 54.4 Å². The fourth-order valence-electron chi connectivity index (χ4n) is 2.43. The van der Waals surface area contributed by atoms with E-state index in [2.05, 4.69) is 21.9 Å². The standard InChI is InChI=1S/C14H22N2O2/c1-12-10-14(3-2-13(12)11-18)16-6-4-15(5-7-16)8-9-17/h2-3,10,17-18H,4-9,11H2,1H3. The summed E-state index contributed by atoms with van der Waals surface area (Å²) in [5.74, 6) is 0. The number of aliphatic hydroxyl groups excluding tert-OH is 2. The molecule has 0 amide bonds. The molecule has 4 heteroatoms. The van der Waals surface area contributed by atoms with E-state index < -0.39 is 0 Å². The second-order valence-electron chi connectivity index (χ2n) is 4.82. The van der Waals surface area contributed by atoms with Crippen molar-refractivity contribution < 1.29 is 10.2 Å². The van der Waals surface area contributed by atoms with Crippen LogP contribution in [0.5, 0.6) is 0 Å². The maximum absolute atomic E-state index is 9.17. The molecule has 0 bridgehead atoms. The van der Waals surface area contributed by atoms with E-state index in [4.69, 9.17) is 10.2 Å². The Morgan fingerprint density at radius 2 is 1.83 bits per heavy atom. The largest absolute Gasteiger partial charge is 0.395 e. The minimum atomic E-state index is 0.108. The highest BCUT2D eigenvalue weighted by Gasteiger charge is 2.16. The third-order valence-electron chi connectivity index (χ3n) is 3.65. The zero-order valence-corrected chi connectivity index (χ0v) is 11.0. The summed E-state index contributed by atoms with van der Waals surface area (Å²) >= 11 is 0. The number of aryl methyl sites for hydroxylation is 1. The second-order valence-corrected chi connectivity index (χ2v) is 4.82. The monoisotopic (exact) mass is 250 g/mol. The molecular weight excluding hydrogens is 228 g/mol. The fraction of sp³-hybridized carbons (Fsp3) is 0.571. The Hall–Kier alpha value is -1.10. The van der Waals surface area contributed by atoms with Crippen molar-refractivity contribution >= 4 is 5.69 Å². The van der Waals surface area contributed by atoms with Crippen LogP contribution in [0.4, 0.5) is 5.69 Å². The van der Waals surface area contributed by atoms with Gasteiger partial charge in [0.15, 0.2) is 0 Å². The van der Waals surface area contributed by atoms with Crippen LogP contribution in [-0.2, 0) is 6.61 Å². The topological polar surface area (TPSA) is 46.9 Å². The highest BCUT2D eigenvalue weighted by molar-refractivity contribution is 5.51. The molecule has 1 fully saturated rings. The van der Waals surface area contributed by atoms with Gasteiger partial charge in [-0.3, -0.25) is 4.90 Å². The van der Waals surface area contributed by atoms with Crippen LogP contribution >= 0.6 is 0 Å². The predicted octanol–water partition coefficient (Wildman–Crippen LogP) is 0.602. The Morgan fingerprint density at radius 1 is 1.11 bits per heavy atom. The molecule has 1 saturated heterocycles. The molecule has 0 atom stereocenters. The number of anilines is 1. The fourth-order valence-corrected chi connectivity index (χ4v) is 2.43. The molecule has 2 rings (SSSR count). The molecule has 2 N–H and O–H groups in total. The zero-order valence-electron chi connectivity index (χ0n) is 11.0. The summed E-state index contributed by atoms with van der Waals surface area (Å²) in [4.78, 5) is 4.65. The molecular formula is C14H22N2O2. The zero-order chi connectivity index (χ0) is 13.0. The lowest BCUT2D eigenvalue weighted by molar-refractivity contribution is 0.189. The van der Waals surface area contributed by atoms with Crippen molar-refractivity contribution in [3.05, 3.63) is 29.3 Å². The van der Waals surface area contributed by atoms with Crippen LogP contribution in [0.15, 0.2) is 18.2 Å². The lowest BCUT2D eigenvalue weighted by Crippen LogP contribution is -2.47. The summed E-state index contributed by atoms with van der Waals surface area (Å²) in [7, 11) is 0. The summed E-state index contributed by atoms with van der Waals surface area (Å²) in [6, 6.07) is 6.23. The lowest BCUT2D eigenvalue weighted by Gasteiger charge is -2.36. The highest BCUT2D eigenvalue weighted by atomic mass is 16.3. The first kappa shape index (κ1) is 13.3. The van der Waals surface area contributed by atoms with Crippen molar-refractivity contribution in [3.63, 3.8) is 0 Å². The molecule has 0 aliphatic carbocycles. The van der Waals surface area contributed by atoms with Crippen LogP contribution in [0.2, 0.25) is 0 Å². The number of benzene rings is 1. The molecule has 0 aromatic heterocycles. The van der Waals surface area contributed by atoms with Gasteiger partial charge in [-0.1, -0.05) is 6.07 Å². The molecule has 18 heavy (non-hydrogen) atoms. The normalized spacial score (nSPS) is 17.2. The van der Waals surface area contributed by atoms with Crippen molar-refractivity contribution in [1.29, 1.82) is 0 Å². The van der Waals surface area contributed by atoms with Crippen LogP contribution in [0.25, 0.3) is 0 Å². The predicted molar refractivity (Wildman–Crippen MR) is 72.8 cm³/mol. The minimum absolute atomic E-state index is 0.108. The van der Waals surface area contributed by atoms with Gasteiger partial charge in [0.25, 0.3) is 0 Å². The molecule has 1 heterocycles. The molecule has 0 saturated carbocycles. The van der Waals surface area contributed by atoms with Crippen molar-refractivity contribution in [1.82, 2.24) is 4.90 Å². The Balaban J connectivity index is 1.99. The Kier molecular flexibility index (Phi) is 4.58. The van der Waals surface area contributed by atoms with Gasteiger partial charge in [-0.2, -0.15) is 0 Å². The number of aliphatic hydroxyl groups is 2. The summed E-state index contributed by atoms with van der Waals surface area (Å²) in [6.07, 6.45) is 0. The summed E-state index contributed by atoms with van der Waals surface area (Å²) < 4.78 is 0. The van der Waals surface area contributed by atoms with Gasteiger partial charge >= 0.3 is 0 Å². The van der Waals surface area contributed by atoms with Crippen LogP contribution in [0, 0.1) is 6.92 Å². The smallest absolute Gasteiger partial charge is 0.0684 e. The number of hydrogen-bond acceptors (Lipinski definition) is 4. The van der Waals surface area contributed by atoms with Gasteiger partial charge in [0.05, 0.1) is 13.2 Å². The Labute approximate surface area is 108 Å². The molecule has 1 aliphatic rings. The van der Waals surface area contributed by atoms with Crippen LogP contribution < -0.4 is 4.90 Å². The van der Waals surface area contributed by atoms with Gasteiger partial charge in [0.2, 0.25) is 0 Å². The van der Waals surface area contributed by atoms with Gasteiger partial charge in [-0.05, 0) is 30.2 Å². The van der Waals surface area contributed by atoms with Crippen molar-refractivity contribution in [2.45, 2.75) is 13.5 Å². The molecule has 1 aromatic rings. The van der Waals surface area contributed by atoms with Crippen LogP contribution in [0.3, 0.4) is 0 Å². The molecule has 0 radical (unpaired) electrons. The third kappa shape index (κ3) is 3.02. The van der Waals surface area contributed by atoms with Crippen LogP contribution in [0.1, 0.15) is 11.1 Å². The van der Waals surface area contributed by atoms with E-state index in [0.717, 1.165) is 43.9 Å².